The SMILES string of the molecule is CNCC(=O)Cc1ccccc1OC/C=C/COC1(C)CCN(c2c(CC(=O)OC)c(C)cn3nc(C=O)cc23)CC1. The number of nitrogens with zero attached hydrogens (tertiary/aromatic N) is 3. The van der Waals surface area contributed by atoms with Crippen LogP contribution in [0.1, 0.15) is 46.9 Å². The molecule has 0 radical (unpaired) electrons. The van der Waals surface area contributed by atoms with E-state index in [1.54, 1.807) is 17.6 Å². The van der Waals surface area contributed by atoms with E-state index in [9.17, 15) is 14.4 Å². The summed E-state index contributed by atoms with van der Waals surface area (Å²) in [4.78, 5) is 38.0. The first-order valence-electron chi connectivity index (χ1n) is 14.2. The summed E-state index contributed by atoms with van der Waals surface area (Å²) < 4.78 is 18.9. The van der Waals surface area contributed by atoms with Crippen molar-refractivity contribution >= 4 is 29.2 Å². The van der Waals surface area contributed by atoms with Gasteiger partial charge in [0.15, 0.2) is 12.1 Å². The molecule has 1 aliphatic heterocycles. The van der Waals surface area contributed by atoms with E-state index in [1.807, 2.05) is 49.5 Å². The summed E-state index contributed by atoms with van der Waals surface area (Å²) in [6.45, 7) is 6.68. The van der Waals surface area contributed by atoms with Crippen molar-refractivity contribution in [3.05, 3.63) is 71.1 Å². The number of aromatic nitrogens is 2. The molecular formula is C32H40N4O6. The molecule has 1 saturated heterocycles. The van der Waals surface area contributed by atoms with E-state index >= 15 is 0 Å². The summed E-state index contributed by atoms with van der Waals surface area (Å²) in [6, 6.07) is 9.36. The molecule has 10 nitrogen and oxygen atoms in total. The fourth-order valence-corrected chi connectivity index (χ4v) is 5.28. The number of benzene rings is 1. The van der Waals surface area contributed by atoms with Gasteiger partial charge in [0.1, 0.15) is 18.1 Å². The third kappa shape index (κ3) is 7.63. The summed E-state index contributed by atoms with van der Waals surface area (Å²) >= 11 is 0. The number of nitrogens with one attached hydrogen (secondary N) is 1. The highest BCUT2D eigenvalue weighted by Crippen LogP contribution is 2.35. The lowest BCUT2D eigenvalue weighted by atomic mass is 9.92. The quantitative estimate of drug-likeness (QED) is 0.175. The molecule has 10 heteroatoms. The van der Waals surface area contributed by atoms with Crippen molar-refractivity contribution in [3.63, 3.8) is 0 Å². The average molecular weight is 577 g/mol. The Labute approximate surface area is 246 Å². The summed E-state index contributed by atoms with van der Waals surface area (Å²) in [5.74, 6) is 0.506. The number of methoxy groups -OCH3 is 1. The molecule has 42 heavy (non-hydrogen) atoms. The number of fused-ring (bicyclic) bond motifs is 1. The average Bonchev–Trinajstić information content (AvgIpc) is 3.39. The molecule has 0 saturated carbocycles. The van der Waals surface area contributed by atoms with Gasteiger partial charge in [-0.2, -0.15) is 5.10 Å². The Hall–Kier alpha value is -4.02. The fourth-order valence-electron chi connectivity index (χ4n) is 5.28. The van der Waals surface area contributed by atoms with Gasteiger partial charge in [-0.1, -0.05) is 24.3 Å². The van der Waals surface area contributed by atoms with E-state index < -0.39 is 0 Å². The van der Waals surface area contributed by atoms with Crippen LogP contribution in [0.5, 0.6) is 5.75 Å². The van der Waals surface area contributed by atoms with Gasteiger partial charge in [-0.15, -0.1) is 0 Å². The number of carbonyl (C=O) groups excluding carboxylic acids is 3. The highest BCUT2D eigenvalue weighted by atomic mass is 16.5. The van der Waals surface area contributed by atoms with Gasteiger partial charge < -0.3 is 24.4 Å². The molecule has 3 aromatic rings. The van der Waals surface area contributed by atoms with E-state index in [0.717, 1.165) is 60.1 Å². The van der Waals surface area contributed by atoms with Crippen molar-refractivity contribution in [3.8, 4) is 5.75 Å². The predicted molar refractivity (Wildman–Crippen MR) is 161 cm³/mol. The number of Topliss-reactive ketones (excluding diaryl/α,β-unsaturated/α-hetero) is 1. The van der Waals surface area contributed by atoms with Crippen LogP contribution < -0.4 is 15.0 Å². The standard InChI is InChI=1S/C32H40N4O6/c1-23-21-36-28(18-25(22-37)34-36)31(27(23)19-30(39)40-4)35-13-11-32(2,12-14-35)42-16-8-7-15-41-29-10-6-5-9-24(29)17-26(38)20-33-3/h5-10,18,21-22,33H,11-17,19-20H2,1-4H3/b8-7+. The van der Waals surface area contributed by atoms with Gasteiger partial charge in [0.05, 0.1) is 43.5 Å². The van der Waals surface area contributed by atoms with Crippen molar-refractivity contribution in [2.45, 2.75) is 45.1 Å². The van der Waals surface area contributed by atoms with E-state index in [-0.39, 0.29) is 23.8 Å². The Morgan fingerprint density at radius 2 is 1.86 bits per heavy atom. The number of anilines is 1. The van der Waals surface area contributed by atoms with Crippen LogP contribution in [0.15, 0.2) is 48.7 Å². The second-order valence-electron chi connectivity index (χ2n) is 10.8. The molecule has 0 aliphatic carbocycles. The normalized spacial score (nSPS) is 14.8. The number of carbonyl (C=O) groups is 3. The van der Waals surface area contributed by atoms with Gasteiger partial charge in [-0.25, -0.2) is 4.52 Å². The Morgan fingerprint density at radius 1 is 1.12 bits per heavy atom. The van der Waals surface area contributed by atoms with Gasteiger partial charge in [-0.3, -0.25) is 14.4 Å². The Balaban J connectivity index is 1.35. The first-order chi connectivity index (χ1) is 20.3. The highest BCUT2D eigenvalue weighted by Gasteiger charge is 2.33. The van der Waals surface area contributed by atoms with E-state index in [4.69, 9.17) is 14.2 Å². The Kier molecular flexibility index (Phi) is 10.5. The Bertz CT molecular complexity index is 1440. The number of hydrogen-bond acceptors (Lipinski definition) is 9. The number of esters is 1. The summed E-state index contributed by atoms with van der Waals surface area (Å²) in [5.41, 5.74) is 4.41. The van der Waals surface area contributed by atoms with Gasteiger partial charge in [0.2, 0.25) is 0 Å². The third-order valence-electron chi connectivity index (χ3n) is 7.65. The van der Waals surface area contributed by atoms with Crippen molar-refractivity contribution < 1.29 is 28.6 Å². The molecule has 0 bridgehead atoms. The van der Waals surface area contributed by atoms with Gasteiger partial charge in [0.25, 0.3) is 0 Å². The smallest absolute Gasteiger partial charge is 0.310 e. The zero-order chi connectivity index (χ0) is 30.1. The monoisotopic (exact) mass is 576 g/mol. The zero-order valence-corrected chi connectivity index (χ0v) is 24.9. The molecule has 0 spiro atoms. The highest BCUT2D eigenvalue weighted by molar-refractivity contribution is 5.86. The number of hydrogen-bond donors (Lipinski definition) is 1. The molecule has 1 N–H and O–H groups in total. The van der Waals surface area contributed by atoms with E-state index in [1.165, 1.54) is 7.11 Å². The molecule has 3 heterocycles. The van der Waals surface area contributed by atoms with Crippen LogP contribution in [0.2, 0.25) is 0 Å². The van der Waals surface area contributed by atoms with Crippen LogP contribution in [0.25, 0.3) is 5.52 Å². The number of aryl methyl sites for hydroxylation is 1. The van der Waals surface area contributed by atoms with Gasteiger partial charge in [0, 0.05) is 31.3 Å². The maximum atomic E-state index is 12.3. The minimum absolute atomic E-state index is 0.110. The van der Waals surface area contributed by atoms with Crippen molar-refractivity contribution in [2.24, 2.45) is 0 Å². The minimum Gasteiger partial charge on any atom is -0.489 e. The fraction of sp³-hybridized carbons (Fsp3) is 0.438. The first-order valence-corrected chi connectivity index (χ1v) is 14.2. The molecule has 4 rings (SSSR count). The minimum atomic E-state index is -0.314. The van der Waals surface area contributed by atoms with Crippen molar-refractivity contribution in [1.29, 1.82) is 0 Å². The third-order valence-corrected chi connectivity index (χ3v) is 7.65. The molecule has 0 unspecified atom stereocenters. The van der Waals surface area contributed by atoms with Crippen LogP contribution >= 0.6 is 0 Å². The lowest BCUT2D eigenvalue weighted by Gasteiger charge is -2.41. The van der Waals surface area contributed by atoms with E-state index in [0.29, 0.717) is 37.6 Å². The number of ketones is 1. The Morgan fingerprint density at radius 3 is 2.57 bits per heavy atom. The maximum absolute atomic E-state index is 12.3. The first kappa shape index (κ1) is 30.9. The zero-order valence-electron chi connectivity index (χ0n) is 24.9. The van der Waals surface area contributed by atoms with Gasteiger partial charge in [-0.05, 0) is 63.1 Å². The number of likely N-dealkylation sites (N-methyl/N-ethyl adjacent to an activating group) is 1. The van der Waals surface area contributed by atoms with Crippen LogP contribution in [0.4, 0.5) is 5.69 Å². The number of rotatable bonds is 14. The molecule has 1 aliphatic rings. The van der Waals surface area contributed by atoms with E-state index in [2.05, 4.69) is 22.2 Å². The van der Waals surface area contributed by atoms with Crippen molar-refractivity contribution in [1.82, 2.24) is 14.9 Å². The maximum Gasteiger partial charge on any atom is 0.310 e. The number of piperidine rings is 1. The lowest BCUT2D eigenvalue weighted by molar-refractivity contribution is -0.139. The number of pyridine rings is 1. The second-order valence-corrected chi connectivity index (χ2v) is 10.8. The predicted octanol–water partition coefficient (Wildman–Crippen LogP) is 3.51. The van der Waals surface area contributed by atoms with Gasteiger partial charge >= 0.3 is 5.97 Å². The number of aldehydes is 1. The topological polar surface area (TPSA) is 111 Å². The summed E-state index contributed by atoms with van der Waals surface area (Å²) in [5, 5.41) is 7.26. The molecule has 2 aromatic heterocycles. The summed E-state index contributed by atoms with van der Waals surface area (Å²) in [7, 11) is 3.14. The molecule has 0 amide bonds. The summed E-state index contributed by atoms with van der Waals surface area (Å²) in [6.07, 6.45) is 8.52. The van der Waals surface area contributed by atoms with Crippen LogP contribution in [0, 0.1) is 6.92 Å². The molecule has 1 aromatic carbocycles. The van der Waals surface area contributed by atoms with Crippen molar-refractivity contribution in [2.75, 3.05) is 51.9 Å². The second kappa shape index (κ2) is 14.2. The molecule has 0 atom stereocenters. The van der Waals surface area contributed by atoms with Crippen LogP contribution in [-0.4, -0.2) is 80.3 Å². The van der Waals surface area contributed by atoms with Crippen LogP contribution in [-0.2, 0) is 31.9 Å². The van der Waals surface area contributed by atoms with Crippen LogP contribution in [0.3, 0.4) is 0 Å². The number of ether oxygens (including phenoxy) is 3. The molecule has 224 valence electrons. The number of para-hydroxylation sites is 1. The largest absolute Gasteiger partial charge is 0.489 e. The molecular weight excluding hydrogens is 536 g/mol. The lowest BCUT2D eigenvalue weighted by Crippen LogP contribution is -2.45. The molecule has 1 fully saturated rings.